The summed E-state index contributed by atoms with van der Waals surface area (Å²) in [4.78, 5) is 25.5. The molecule has 20 heavy (non-hydrogen) atoms. The maximum Gasteiger partial charge on any atom is 0.266 e. The topological polar surface area (TPSA) is 49.4 Å². The lowest BCUT2D eigenvalue weighted by Crippen LogP contribution is -2.27. The summed E-state index contributed by atoms with van der Waals surface area (Å²) in [5.74, 6) is -0.230. The molecule has 0 aromatic heterocycles. The van der Waals surface area contributed by atoms with Gasteiger partial charge in [0, 0.05) is 19.2 Å². The van der Waals surface area contributed by atoms with Gasteiger partial charge in [0.05, 0.1) is 4.91 Å². The number of hydrogen-bond donors (Lipinski definition) is 1. The molecule has 1 saturated heterocycles. The quantitative estimate of drug-likeness (QED) is 0.689. The molecule has 1 heterocycles. The Bertz CT molecular complexity index is 611. The second-order valence-corrected chi connectivity index (χ2v) is 5.87. The predicted octanol–water partition coefficient (Wildman–Crippen LogP) is 2.87. The van der Waals surface area contributed by atoms with Gasteiger partial charge in [0.2, 0.25) is 5.91 Å². The maximum absolute atomic E-state index is 12.1. The third-order valence-electron chi connectivity index (χ3n) is 2.75. The summed E-state index contributed by atoms with van der Waals surface area (Å²) in [5, 5.41) is 2.75. The molecule has 2 amide bonds. The zero-order chi connectivity index (χ0) is 14.7. The third-order valence-corrected chi connectivity index (χ3v) is 4.13. The first-order valence-electron chi connectivity index (χ1n) is 6.15. The number of likely N-dealkylation sites (N-methyl/N-ethyl adjacent to an activating group) is 1. The van der Waals surface area contributed by atoms with Crippen molar-refractivity contribution < 1.29 is 9.59 Å². The highest BCUT2D eigenvalue weighted by Crippen LogP contribution is 2.33. The van der Waals surface area contributed by atoms with Crippen LogP contribution in [0.1, 0.15) is 19.4 Å². The average Bonchev–Trinajstić information content (AvgIpc) is 2.66. The molecule has 0 spiro atoms. The monoisotopic (exact) mass is 306 g/mol. The zero-order valence-corrected chi connectivity index (χ0v) is 12.8. The van der Waals surface area contributed by atoms with Gasteiger partial charge >= 0.3 is 0 Å². The lowest BCUT2D eigenvalue weighted by Gasteiger charge is -2.10. The van der Waals surface area contributed by atoms with Gasteiger partial charge in [-0.25, -0.2) is 0 Å². The van der Waals surface area contributed by atoms with Crippen molar-refractivity contribution >= 4 is 51.9 Å². The Morgan fingerprint density at radius 1 is 1.45 bits per heavy atom. The molecule has 0 unspecified atom stereocenters. The largest absolute Gasteiger partial charge is 0.326 e. The minimum atomic E-state index is -0.146. The number of thioether (sulfide) groups is 1. The van der Waals surface area contributed by atoms with Crippen molar-refractivity contribution in [2.24, 2.45) is 0 Å². The van der Waals surface area contributed by atoms with E-state index >= 15 is 0 Å². The summed E-state index contributed by atoms with van der Waals surface area (Å²) >= 11 is 6.46. The first-order chi connectivity index (χ1) is 9.52. The van der Waals surface area contributed by atoms with E-state index in [4.69, 9.17) is 12.2 Å². The molecule has 0 saturated carbocycles. The van der Waals surface area contributed by atoms with Gasteiger partial charge in [-0.3, -0.25) is 14.5 Å². The summed E-state index contributed by atoms with van der Waals surface area (Å²) < 4.78 is 0.570. The van der Waals surface area contributed by atoms with Gasteiger partial charge in [0.25, 0.3) is 5.91 Å². The normalized spacial score (nSPS) is 16.9. The van der Waals surface area contributed by atoms with Crippen LogP contribution in [0.15, 0.2) is 29.2 Å². The van der Waals surface area contributed by atoms with Crippen molar-refractivity contribution in [2.45, 2.75) is 13.8 Å². The fraction of sp³-hybridized carbons (Fsp3) is 0.214. The number of anilines is 1. The lowest BCUT2D eigenvalue weighted by molar-refractivity contribution is -0.122. The molecule has 4 nitrogen and oxygen atoms in total. The molecule has 6 heteroatoms. The molecule has 104 valence electrons. The van der Waals surface area contributed by atoms with Crippen LogP contribution in [0.3, 0.4) is 0 Å². The third kappa shape index (κ3) is 3.08. The standard InChI is InChI=1S/C14H14N2O2S2/c1-3-16-13(18)12(20-14(16)19)8-10-6-4-5-7-11(10)15-9(2)17/h4-8H,3H2,1-2H3,(H,15,17). The molecule has 1 fully saturated rings. The molecule has 0 aliphatic carbocycles. The van der Waals surface area contributed by atoms with Crippen LogP contribution in [-0.4, -0.2) is 27.6 Å². The van der Waals surface area contributed by atoms with Gasteiger partial charge in [-0.2, -0.15) is 0 Å². The molecule has 0 atom stereocenters. The van der Waals surface area contributed by atoms with Crippen LogP contribution in [-0.2, 0) is 9.59 Å². The van der Waals surface area contributed by atoms with E-state index in [1.165, 1.54) is 18.7 Å². The molecule has 0 radical (unpaired) electrons. The first-order valence-corrected chi connectivity index (χ1v) is 7.37. The Morgan fingerprint density at radius 3 is 2.75 bits per heavy atom. The highest BCUT2D eigenvalue weighted by atomic mass is 32.2. The van der Waals surface area contributed by atoms with Gasteiger partial charge in [-0.15, -0.1) is 0 Å². The Balaban J connectivity index is 2.34. The van der Waals surface area contributed by atoms with Gasteiger partial charge in [0.15, 0.2) is 0 Å². The Morgan fingerprint density at radius 2 is 2.15 bits per heavy atom. The SMILES string of the molecule is CCN1C(=O)C(=Cc2ccccc2NC(C)=O)SC1=S. The van der Waals surface area contributed by atoms with Gasteiger partial charge in [0.1, 0.15) is 4.32 Å². The second kappa shape index (κ2) is 6.19. The van der Waals surface area contributed by atoms with E-state index in [-0.39, 0.29) is 11.8 Å². The predicted molar refractivity (Wildman–Crippen MR) is 86.3 cm³/mol. The van der Waals surface area contributed by atoms with E-state index in [9.17, 15) is 9.59 Å². The summed E-state index contributed by atoms with van der Waals surface area (Å²) in [6.07, 6.45) is 1.76. The fourth-order valence-electron chi connectivity index (χ4n) is 1.84. The number of carbonyl (C=O) groups is 2. The van der Waals surface area contributed by atoms with Crippen molar-refractivity contribution in [2.75, 3.05) is 11.9 Å². The lowest BCUT2D eigenvalue weighted by atomic mass is 10.1. The average molecular weight is 306 g/mol. The van der Waals surface area contributed by atoms with E-state index in [0.717, 1.165) is 5.56 Å². The van der Waals surface area contributed by atoms with E-state index in [0.29, 0.717) is 21.5 Å². The van der Waals surface area contributed by atoms with Crippen LogP contribution in [0.5, 0.6) is 0 Å². The Labute approximate surface area is 127 Å². The Hall–Kier alpha value is -1.66. The molecule has 1 N–H and O–H groups in total. The number of thiocarbonyl (C=S) groups is 1. The molecule has 1 aliphatic rings. The highest BCUT2D eigenvalue weighted by molar-refractivity contribution is 8.26. The number of hydrogen-bond acceptors (Lipinski definition) is 4. The number of amides is 2. The number of nitrogens with one attached hydrogen (secondary N) is 1. The van der Waals surface area contributed by atoms with E-state index < -0.39 is 0 Å². The molecule has 2 rings (SSSR count). The maximum atomic E-state index is 12.1. The smallest absolute Gasteiger partial charge is 0.266 e. The summed E-state index contributed by atoms with van der Waals surface area (Å²) in [7, 11) is 0. The van der Waals surface area contributed by atoms with Crippen LogP contribution in [0, 0.1) is 0 Å². The van der Waals surface area contributed by atoms with E-state index in [1.807, 2.05) is 25.1 Å². The molecule has 1 aromatic rings. The number of nitrogens with zero attached hydrogens (tertiary/aromatic N) is 1. The second-order valence-electron chi connectivity index (χ2n) is 4.19. The van der Waals surface area contributed by atoms with Crippen LogP contribution in [0.4, 0.5) is 5.69 Å². The van der Waals surface area contributed by atoms with Gasteiger partial charge in [-0.1, -0.05) is 42.2 Å². The summed E-state index contributed by atoms with van der Waals surface area (Å²) in [5.41, 5.74) is 1.47. The molecule has 1 aromatic carbocycles. The highest BCUT2D eigenvalue weighted by Gasteiger charge is 2.30. The number of para-hydroxylation sites is 1. The van der Waals surface area contributed by atoms with Crippen LogP contribution >= 0.6 is 24.0 Å². The number of carbonyl (C=O) groups excluding carboxylic acids is 2. The fourth-order valence-corrected chi connectivity index (χ4v) is 3.22. The van der Waals surface area contributed by atoms with Crippen molar-refractivity contribution in [1.82, 2.24) is 4.90 Å². The van der Waals surface area contributed by atoms with Crippen LogP contribution in [0.25, 0.3) is 6.08 Å². The molecular weight excluding hydrogens is 292 g/mol. The van der Waals surface area contributed by atoms with E-state index in [2.05, 4.69) is 5.32 Å². The van der Waals surface area contributed by atoms with Crippen LogP contribution in [0.2, 0.25) is 0 Å². The van der Waals surface area contributed by atoms with Crippen molar-refractivity contribution in [3.8, 4) is 0 Å². The van der Waals surface area contributed by atoms with Gasteiger partial charge in [-0.05, 0) is 24.6 Å². The van der Waals surface area contributed by atoms with Crippen molar-refractivity contribution in [3.63, 3.8) is 0 Å². The Kier molecular flexibility index (Phi) is 4.57. The van der Waals surface area contributed by atoms with E-state index in [1.54, 1.807) is 17.0 Å². The number of benzene rings is 1. The minimum Gasteiger partial charge on any atom is -0.326 e. The molecular formula is C14H14N2O2S2. The minimum absolute atomic E-state index is 0.0832. The van der Waals surface area contributed by atoms with Crippen molar-refractivity contribution in [1.29, 1.82) is 0 Å². The number of rotatable bonds is 3. The summed E-state index contributed by atoms with van der Waals surface area (Å²) in [6, 6.07) is 7.34. The molecule has 1 aliphatic heterocycles. The molecule has 0 bridgehead atoms. The van der Waals surface area contributed by atoms with Gasteiger partial charge < -0.3 is 5.32 Å². The summed E-state index contributed by atoms with van der Waals surface area (Å²) in [6.45, 7) is 3.90. The first kappa shape index (κ1) is 14.7. The van der Waals surface area contributed by atoms with Crippen LogP contribution < -0.4 is 5.32 Å². The van der Waals surface area contributed by atoms with Crippen molar-refractivity contribution in [3.05, 3.63) is 34.7 Å². The zero-order valence-electron chi connectivity index (χ0n) is 11.2.